The van der Waals surface area contributed by atoms with Crippen molar-refractivity contribution < 1.29 is 23.6 Å². The lowest BCUT2D eigenvalue weighted by Crippen LogP contribution is -2.20. The molecule has 4 aromatic carbocycles. The van der Waals surface area contributed by atoms with Gasteiger partial charge >= 0.3 is 5.69 Å². The standard InChI is InChI=1S/C32H24N4O7/c1-40-26-13-8-14-27-23(26)17-29(43-27)31-34-24-12-7-6-11-22(24)32(37)35(31)33-18-21-15-25(36(38)39)30(28(16-21)41-2)42-19-20-9-4-3-5-10-20/h3-18H,19H2,1-2H3. The molecule has 6 aromatic rings. The number of aromatic nitrogens is 2. The topological polar surface area (TPSA) is 131 Å². The van der Waals surface area contributed by atoms with Crippen molar-refractivity contribution in [1.82, 2.24) is 9.66 Å². The summed E-state index contributed by atoms with van der Waals surface area (Å²) < 4.78 is 23.9. The Labute approximate surface area is 244 Å². The molecule has 0 unspecified atom stereocenters. The Balaban J connectivity index is 1.46. The summed E-state index contributed by atoms with van der Waals surface area (Å²) >= 11 is 0. The first-order valence-electron chi connectivity index (χ1n) is 13.1. The van der Waals surface area contributed by atoms with Gasteiger partial charge in [-0.15, -0.1) is 0 Å². The molecule has 11 nitrogen and oxygen atoms in total. The summed E-state index contributed by atoms with van der Waals surface area (Å²) in [7, 11) is 2.95. The molecule has 2 heterocycles. The van der Waals surface area contributed by atoms with E-state index in [0.29, 0.717) is 33.2 Å². The third-order valence-electron chi connectivity index (χ3n) is 6.74. The van der Waals surface area contributed by atoms with E-state index in [1.807, 2.05) is 30.3 Å². The van der Waals surface area contributed by atoms with E-state index in [4.69, 9.17) is 18.6 Å². The van der Waals surface area contributed by atoms with Gasteiger partial charge in [0.2, 0.25) is 11.6 Å². The number of furan rings is 1. The summed E-state index contributed by atoms with van der Waals surface area (Å²) in [5.41, 5.74) is 1.37. The van der Waals surface area contributed by atoms with Crippen LogP contribution in [0.25, 0.3) is 33.5 Å². The fraction of sp³-hybridized carbons (Fsp3) is 0.0938. The molecule has 0 aliphatic rings. The van der Waals surface area contributed by atoms with E-state index >= 15 is 0 Å². The number of ether oxygens (including phenoxy) is 3. The van der Waals surface area contributed by atoms with Gasteiger partial charge in [0.15, 0.2) is 11.5 Å². The van der Waals surface area contributed by atoms with Crippen LogP contribution in [0, 0.1) is 10.1 Å². The van der Waals surface area contributed by atoms with Crippen LogP contribution < -0.4 is 19.8 Å². The Morgan fingerprint density at radius 1 is 0.930 bits per heavy atom. The first-order chi connectivity index (χ1) is 21.0. The summed E-state index contributed by atoms with van der Waals surface area (Å²) in [6.07, 6.45) is 1.32. The minimum Gasteiger partial charge on any atom is -0.496 e. The predicted octanol–water partition coefficient (Wildman–Crippen LogP) is 6.20. The Kier molecular flexibility index (Phi) is 7.27. The molecule has 0 aliphatic carbocycles. The second-order valence-corrected chi connectivity index (χ2v) is 9.40. The zero-order valence-electron chi connectivity index (χ0n) is 23.1. The van der Waals surface area contributed by atoms with Gasteiger partial charge in [-0.3, -0.25) is 14.9 Å². The molecule has 0 fully saturated rings. The zero-order valence-corrected chi connectivity index (χ0v) is 23.1. The summed E-state index contributed by atoms with van der Waals surface area (Å²) in [5, 5.41) is 17.5. The molecule has 2 aromatic heterocycles. The molecule has 6 rings (SSSR count). The molecule has 0 N–H and O–H groups in total. The average molecular weight is 577 g/mol. The zero-order chi connectivity index (χ0) is 29.9. The van der Waals surface area contributed by atoms with Gasteiger partial charge in [0.25, 0.3) is 5.56 Å². The molecular formula is C32H24N4O7. The number of hydrogen-bond donors (Lipinski definition) is 0. The van der Waals surface area contributed by atoms with Crippen LogP contribution in [0.3, 0.4) is 0 Å². The molecule has 0 atom stereocenters. The second-order valence-electron chi connectivity index (χ2n) is 9.40. The van der Waals surface area contributed by atoms with Crippen molar-refractivity contribution in [2.45, 2.75) is 6.61 Å². The highest BCUT2D eigenvalue weighted by molar-refractivity contribution is 5.89. The van der Waals surface area contributed by atoms with E-state index in [0.717, 1.165) is 10.2 Å². The van der Waals surface area contributed by atoms with E-state index in [1.54, 1.807) is 61.7 Å². The number of fused-ring (bicyclic) bond motifs is 2. The van der Waals surface area contributed by atoms with Crippen molar-refractivity contribution in [1.29, 1.82) is 0 Å². The number of methoxy groups -OCH3 is 2. The Morgan fingerprint density at radius 2 is 1.70 bits per heavy atom. The van der Waals surface area contributed by atoms with Gasteiger partial charge in [-0.2, -0.15) is 9.78 Å². The van der Waals surface area contributed by atoms with Gasteiger partial charge in [0.1, 0.15) is 17.9 Å². The largest absolute Gasteiger partial charge is 0.496 e. The van der Waals surface area contributed by atoms with Crippen LogP contribution in [0.2, 0.25) is 0 Å². The van der Waals surface area contributed by atoms with Crippen molar-refractivity contribution >= 4 is 33.8 Å². The van der Waals surface area contributed by atoms with E-state index in [9.17, 15) is 14.9 Å². The van der Waals surface area contributed by atoms with Crippen molar-refractivity contribution in [2.75, 3.05) is 14.2 Å². The smallest absolute Gasteiger partial charge is 0.315 e. The maximum Gasteiger partial charge on any atom is 0.315 e. The van der Waals surface area contributed by atoms with E-state index < -0.39 is 10.5 Å². The SMILES string of the molecule is COc1cc(C=Nn2c(-c3cc4c(OC)cccc4o3)nc3ccccc3c2=O)cc([N+](=O)[O-])c1OCc1ccccc1. The molecule has 0 spiro atoms. The number of nitrogens with zero attached hydrogens (tertiary/aromatic N) is 4. The first kappa shape index (κ1) is 27.2. The number of rotatable bonds is 9. The fourth-order valence-corrected chi connectivity index (χ4v) is 4.68. The molecule has 0 saturated heterocycles. The van der Waals surface area contributed by atoms with Crippen LogP contribution in [0.15, 0.2) is 105 Å². The van der Waals surface area contributed by atoms with Crippen molar-refractivity contribution in [2.24, 2.45) is 5.10 Å². The lowest BCUT2D eigenvalue weighted by Gasteiger charge is -2.12. The van der Waals surface area contributed by atoms with Crippen molar-refractivity contribution in [3.05, 3.63) is 123 Å². The van der Waals surface area contributed by atoms with Gasteiger partial charge in [-0.1, -0.05) is 48.5 Å². The molecule has 0 aliphatic heterocycles. The fourth-order valence-electron chi connectivity index (χ4n) is 4.68. The number of nitro groups is 1. The van der Waals surface area contributed by atoms with Gasteiger partial charge in [-0.05, 0) is 42.0 Å². The summed E-state index contributed by atoms with van der Waals surface area (Å²) in [6, 6.07) is 26.1. The summed E-state index contributed by atoms with van der Waals surface area (Å²) in [4.78, 5) is 29.8. The highest BCUT2D eigenvalue weighted by atomic mass is 16.6. The maximum absolute atomic E-state index is 13.6. The summed E-state index contributed by atoms with van der Waals surface area (Å²) in [6.45, 7) is 0.106. The quantitative estimate of drug-likeness (QED) is 0.113. The van der Waals surface area contributed by atoms with E-state index in [2.05, 4.69) is 10.1 Å². The first-order valence-corrected chi connectivity index (χ1v) is 13.1. The summed E-state index contributed by atoms with van der Waals surface area (Å²) in [5.74, 6) is 1.14. The van der Waals surface area contributed by atoms with Gasteiger partial charge < -0.3 is 18.6 Å². The highest BCUT2D eigenvalue weighted by Crippen LogP contribution is 2.39. The normalized spacial score (nSPS) is 11.3. The van der Waals surface area contributed by atoms with Crippen LogP contribution in [-0.2, 0) is 6.61 Å². The minimum absolute atomic E-state index is 0.0186. The minimum atomic E-state index is -0.558. The van der Waals surface area contributed by atoms with Crippen LogP contribution >= 0.6 is 0 Å². The Bertz CT molecular complexity index is 2070. The maximum atomic E-state index is 13.6. The van der Waals surface area contributed by atoms with Crippen LogP contribution in [0.1, 0.15) is 11.1 Å². The molecule has 43 heavy (non-hydrogen) atoms. The predicted molar refractivity (Wildman–Crippen MR) is 161 cm³/mol. The molecule has 0 amide bonds. The molecule has 0 saturated carbocycles. The molecule has 11 heteroatoms. The van der Waals surface area contributed by atoms with Gasteiger partial charge in [0, 0.05) is 11.6 Å². The van der Waals surface area contributed by atoms with Crippen LogP contribution in [0.4, 0.5) is 5.69 Å². The molecule has 0 bridgehead atoms. The van der Waals surface area contributed by atoms with Gasteiger partial charge in [0.05, 0.1) is 41.6 Å². The third kappa shape index (κ3) is 5.26. The molecular weight excluding hydrogens is 552 g/mol. The third-order valence-corrected chi connectivity index (χ3v) is 6.74. The van der Waals surface area contributed by atoms with Crippen LogP contribution in [-0.4, -0.2) is 35.0 Å². The number of nitro benzene ring substituents is 1. The van der Waals surface area contributed by atoms with Crippen molar-refractivity contribution in [3.8, 4) is 28.8 Å². The van der Waals surface area contributed by atoms with E-state index in [1.165, 1.54) is 19.4 Å². The second kappa shape index (κ2) is 11.5. The Hall–Kier alpha value is -5.97. The lowest BCUT2D eigenvalue weighted by molar-refractivity contribution is -0.386. The highest BCUT2D eigenvalue weighted by Gasteiger charge is 2.23. The lowest BCUT2D eigenvalue weighted by atomic mass is 10.1. The number of hydrogen-bond acceptors (Lipinski definition) is 9. The molecule has 214 valence electrons. The molecule has 0 radical (unpaired) electrons. The van der Waals surface area contributed by atoms with Crippen LogP contribution in [0.5, 0.6) is 17.2 Å². The van der Waals surface area contributed by atoms with E-state index in [-0.39, 0.29) is 35.4 Å². The van der Waals surface area contributed by atoms with Crippen molar-refractivity contribution in [3.63, 3.8) is 0 Å². The van der Waals surface area contributed by atoms with Gasteiger partial charge in [-0.25, -0.2) is 4.98 Å². The Morgan fingerprint density at radius 3 is 2.47 bits per heavy atom. The number of benzene rings is 4. The number of para-hydroxylation sites is 1. The monoisotopic (exact) mass is 576 g/mol. The average Bonchev–Trinajstić information content (AvgIpc) is 3.48.